The molecule has 1 fully saturated rings. The number of amides is 1. The Labute approximate surface area is 186 Å². The summed E-state index contributed by atoms with van der Waals surface area (Å²) >= 11 is 6.22. The molecule has 0 atom stereocenters. The van der Waals surface area contributed by atoms with Gasteiger partial charge in [0.15, 0.2) is 5.65 Å². The molecule has 1 aliphatic heterocycles. The van der Waals surface area contributed by atoms with Crippen LogP contribution in [-0.2, 0) is 0 Å². The molecule has 158 valence electrons. The molecule has 1 N–H and O–H groups in total. The molecule has 1 aliphatic rings. The normalized spacial score (nSPS) is 14.5. The standard InChI is InChI=1S/C22H22ClFN4O.ClH/c1-13-7-9-28(10-8-13)22(29)17-12-25-21-16(5-3-14(2)26-21)20(17)27-19-6-4-15(24)11-18(19)23;/h3-6,11-13H,7-10H2,1-2H3,(H,25,26,27);1H. The molecule has 3 heterocycles. The van der Waals surface area contributed by atoms with Gasteiger partial charge in [-0.25, -0.2) is 14.4 Å². The highest BCUT2D eigenvalue weighted by Crippen LogP contribution is 2.33. The number of carbonyl (C=O) groups excluding carboxylic acids is 1. The number of nitrogens with one attached hydrogen (secondary N) is 1. The molecule has 5 nitrogen and oxygen atoms in total. The summed E-state index contributed by atoms with van der Waals surface area (Å²) in [6.07, 6.45) is 3.54. The van der Waals surface area contributed by atoms with Gasteiger partial charge in [-0.1, -0.05) is 18.5 Å². The maximum Gasteiger partial charge on any atom is 0.257 e. The van der Waals surface area contributed by atoms with Crippen LogP contribution in [0.2, 0.25) is 5.02 Å². The monoisotopic (exact) mass is 448 g/mol. The summed E-state index contributed by atoms with van der Waals surface area (Å²) in [5.41, 5.74) is 2.93. The lowest BCUT2D eigenvalue weighted by Crippen LogP contribution is -2.38. The van der Waals surface area contributed by atoms with Crippen molar-refractivity contribution in [1.82, 2.24) is 14.9 Å². The number of anilines is 2. The lowest BCUT2D eigenvalue weighted by molar-refractivity contribution is 0.0698. The number of piperidine rings is 1. The third-order valence-corrected chi connectivity index (χ3v) is 5.67. The lowest BCUT2D eigenvalue weighted by Gasteiger charge is -2.31. The van der Waals surface area contributed by atoms with Crippen molar-refractivity contribution in [1.29, 1.82) is 0 Å². The molecule has 0 aliphatic carbocycles. The van der Waals surface area contributed by atoms with Gasteiger partial charge in [0.2, 0.25) is 0 Å². The second-order valence-corrected chi connectivity index (χ2v) is 8.00. The highest BCUT2D eigenvalue weighted by atomic mass is 35.5. The summed E-state index contributed by atoms with van der Waals surface area (Å²) in [5.74, 6) is 0.125. The number of rotatable bonds is 3. The van der Waals surface area contributed by atoms with Crippen molar-refractivity contribution in [2.45, 2.75) is 26.7 Å². The minimum Gasteiger partial charge on any atom is -0.353 e. The van der Waals surface area contributed by atoms with Crippen molar-refractivity contribution in [2.24, 2.45) is 5.92 Å². The fourth-order valence-corrected chi connectivity index (χ4v) is 3.79. The van der Waals surface area contributed by atoms with E-state index in [9.17, 15) is 9.18 Å². The number of hydrogen-bond acceptors (Lipinski definition) is 4. The zero-order valence-corrected chi connectivity index (χ0v) is 18.4. The van der Waals surface area contributed by atoms with Crippen LogP contribution in [-0.4, -0.2) is 33.9 Å². The molecule has 8 heteroatoms. The van der Waals surface area contributed by atoms with Crippen LogP contribution in [0.1, 0.15) is 35.8 Å². The number of pyridine rings is 2. The number of aromatic nitrogens is 2. The number of hydrogen-bond donors (Lipinski definition) is 1. The number of likely N-dealkylation sites (tertiary alicyclic amines) is 1. The van der Waals surface area contributed by atoms with E-state index in [1.54, 1.807) is 12.3 Å². The first-order valence-corrected chi connectivity index (χ1v) is 10.1. The molecule has 1 amide bonds. The molecule has 4 rings (SSSR count). The van der Waals surface area contributed by atoms with E-state index in [1.165, 1.54) is 12.1 Å². The van der Waals surface area contributed by atoms with Crippen LogP contribution >= 0.6 is 24.0 Å². The summed E-state index contributed by atoms with van der Waals surface area (Å²) < 4.78 is 13.5. The highest BCUT2D eigenvalue weighted by Gasteiger charge is 2.25. The molecular formula is C22H23Cl2FN4O. The third kappa shape index (κ3) is 4.50. The van der Waals surface area contributed by atoms with Gasteiger partial charge in [-0.2, -0.15) is 0 Å². The van der Waals surface area contributed by atoms with E-state index in [1.807, 2.05) is 24.0 Å². The van der Waals surface area contributed by atoms with E-state index in [0.717, 1.165) is 31.6 Å². The molecule has 0 saturated carbocycles. The molecule has 1 aromatic carbocycles. The van der Waals surface area contributed by atoms with Crippen molar-refractivity contribution in [3.8, 4) is 0 Å². The van der Waals surface area contributed by atoms with Gasteiger partial charge in [-0.3, -0.25) is 4.79 Å². The van der Waals surface area contributed by atoms with Gasteiger partial charge in [0, 0.05) is 30.4 Å². The lowest BCUT2D eigenvalue weighted by atomic mass is 9.98. The van der Waals surface area contributed by atoms with E-state index in [-0.39, 0.29) is 23.3 Å². The number of fused-ring (bicyclic) bond motifs is 1. The van der Waals surface area contributed by atoms with Crippen molar-refractivity contribution in [3.05, 3.63) is 58.6 Å². The third-order valence-electron chi connectivity index (χ3n) is 5.36. The minimum absolute atomic E-state index is 0. The smallest absolute Gasteiger partial charge is 0.257 e. The Morgan fingerprint density at radius 1 is 1.23 bits per heavy atom. The molecule has 0 radical (unpaired) electrons. The first kappa shape index (κ1) is 22.2. The van der Waals surface area contributed by atoms with Gasteiger partial charge >= 0.3 is 0 Å². The zero-order valence-electron chi connectivity index (χ0n) is 16.8. The van der Waals surface area contributed by atoms with E-state index in [2.05, 4.69) is 22.2 Å². The number of benzene rings is 1. The molecule has 0 bridgehead atoms. The Bertz CT molecular complexity index is 1080. The van der Waals surface area contributed by atoms with E-state index < -0.39 is 5.82 Å². The van der Waals surface area contributed by atoms with Crippen LogP contribution in [0.5, 0.6) is 0 Å². The summed E-state index contributed by atoms with van der Waals surface area (Å²) in [5, 5.41) is 4.18. The van der Waals surface area contributed by atoms with Crippen molar-refractivity contribution < 1.29 is 9.18 Å². The van der Waals surface area contributed by atoms with Crippen LogP contribution in [0, 0.1) is 18.7 Å². The van der Waals surface area contributed by atoms with Crippen LogP contribution in [0.25, 0.3) is 11.0 Å². The molecule has 1 saturated heterocycles. The topological polar surface area (TPSA) is 58.1 Å². The zero-order chi connectivity index (χ0) is 20.5. The van der Waals surface area contributed by atoms with Crippen LogP contribution in [0.3, 0.4) is 0 Å². The molecule has 0 spiro atoms. The van der Waals surface area contributed by atoms with Crippen molar-refractivity contribution in [2.75, 3.05) is 18.4 Å². The van der Waals surface area contributed by atoms with Gasteiger partial charge < -0.3 is 10.2 Å². The van der Waals surface area contributed by atoms with E-state index in [4.69, 9.17) is 11.6 Å². The van der Waals surface area contributed by atoms with Gasteiger partial charge in [-0.05, 0) is 56.0 Å². The predicted octanol–water partition coefficient (Wildman–Crippen LogP) is 5.77. The maximum absolute atomic E-state index is 13.5. The summed E-state index contributed by atoms with van der Waals surface area (Å²) in [4.78, 5) is 24.1. The Kier molecular flexibility index (Phi) is 6.78. The fourth-order valence-electron chi connectivity index (χ4n) is 3.58. The van der Waals surface area contributed by atoms with Gasteiger partial charge in [0.25, 0.3) is 5.91 Å². The maximum atomic E-state index is 13.5. The molecule has 30 heavy (non-hydrogen) atoms. The molecule has 3 aromatic rings. The summed E-state index contributed by atoms with van der Waals surface area (Å²) in [6, 6.07) is 7.89. The average molecular weight is 449 g/mol. The quantitative estimate of drug-likeness (QED) is 0.552. The van der Waals surface area contributed by atoms with Gasteiger partial charge in [-0.15, -0.1) is 12.4 Å². The van der Waals surface area contributed by atoms with Crippen LogP contribution < -0.4 is 5.32 Å². The first-order valence-electron chi connectivity index (χ1n) is 9.70. The molecule has 0 unspecified atom stereocenters. The highest BCUT2D eigenvalue weighted by molar-refractivity contribution is 6.33. The molecule has 2 aromatic heterocycles. The predicted molar refractivity (Wildman–Crippen MR) is 121 cm³/mol. The number of nitrogens with zero attached hydrogens (tertiary/aromatic N) is 3. The number of halogens is 3. The fraction of sp³-hybridized carbons (Fsp3) is 0.318. The average Bonchev–Trinajstić information content (AvgIpc) is 2.70. The SMILES string of the molecule is Cc1ccc2c(Nc3ccc(F)cc3Cl)c(C(=O)N3CCC(C)CC3)cnc2n1.Cl. The van der Waals surface area contributed by atoms with Gasteiger partial charge in [0.05, 0.1) is 22.0 Å². The Hall–Kier alpha value is -2.44. The van der Waals surface area contributed by atoms with Crippen molar-refractivity contribution in [3.63, 3.8) is 0 Å². The van der Waals surface area contributed by atoms with E-state index in [0.29, 0.717) is 33.9 Å². The second-order valence-electron chi connectivity index (χ2n) is 7.59. The number of carbonyl (C=O) groups is 1. The Morgan fingerprint density at radius 3 is 2.67 bits per heavy atom. The Balaban J connectivity index is 0.00000256. The van der Waals surface area contributed by atoms with E-state index >= 15 is 0 Å². The first-order chi connectivity index (χ1) is 13.9. The molecular weight excluding hydrogens is 426 g/mol. The van der Waals surface area contributed by atoms with Gasteiger partial charge in [0.1, 0.15) is 5.82 Å². The second kappa shape index (κ2) is 9.14. The summed E-state index contributed by atoms with van der Waals surface area (Å²) in [6.45, 7) is 5.54. The Morgan fingerprint density at radius 2 is 1.97 bits per heavy atom. The van der Waals surface area contributed by atoms with Crippen molar-refractivity contribution >= 4 is 52.3 Å². The van der Waals surface area contributed by atoms with Crippen LogP contribution in [0.4, 0.5) is 15.8 Å². The minimum atomic E-state index is -0.420. The van der Waals surface area contributed by atoms with Crippen LogP contribution in [0.15, 0.2) is 36.5 Å². The largest absolute Gasteiger partial charge is 0.353 e. The summed E-state index contributed by atoms with van der Waals surface area (Å²) in [7, 11) is 0. The number of aryl methyl sites for hydroxylation is 1.